The van der Waals surface area contributed by atoms with Crippen molar-refractivity contribution in [1.29, 1.82) is 0 Å². The summed E-state index contributed by atoms with van der Waals surface area (Å²) in [6.45, 7) is 2.00. The van der Waals surface area contributed by atoms with Gasteiger partial charge in [-0.05, 0) is 213 Å². The molecule has 0 radical (unpaired) electrons. The Balaban J connectivity index is 0.000000406. The minimum atomic E-state index is -4.83. The van der Waals surface area contributed by atoms with Gasteiger partial charge in [-0.15, -0.1) is 0 Å². The summed E-state index contributed by atoms with van der Waals surface area (Å²) in [4.78, 5) is 0. The molecule has 0 saturated carbocycles. The van der Waals surface area contributed by atoms with Crippen molar-refractivity contribution in [2.45, 2.75) is 49.9 Å². The molecule has 1 nitrogen and oxygen atoms in total. The van der Waals surface area contributed by atoms with Crippen LogP contribution in [0.3, 0.4) is 0 Å². The molecule has 0 bridgehead atoms. The smallest absolute Gasteiger partial charge is 0.381 e. The van der Waals surface area contributed by atoms with E-state index in [9.17, 15) is 79.0 Å². The molecule has 1 heterocycles. The monoisotopic (exact) mass is 1490 g/mol. The van der Waals surface area contributed by atoms with E-state index in [1.807, 2.05) is 0 Å². The second-order valence-electron chi connectivity index (χ2n) is 23.2. The fourth-order valence-electron chi connectivity index (χ4n) is 11.8. The Morgan fingerprint density at radius 1 is 0.245 bits per heavy atom. The van der Waals surface area contributed by atoms with Gasteiger partial charge in [0.2, 0.25) is 0 Å². The zero-order valence-electron chi connectivity index (χ0n) is 51.4. The molecule has 0 aliphatic carbocycles. The molecule has 1 saturated heterocycles. The zero-order chi connectivity index (χ0) is 69.8. The maximum absolute atomic E-state index is 14.0. The molecule has 0 aromatic heterocycles. The molecule has 0 atom stereocenters. The number of rotatable bonds is 16. The Hall–Kier alpha value is -6.80. The van der Waals surface area contributed by atoms with Crippen LogP contribution in [0.5, 0.6) is 0 Å². The van der Waals surface area contributed by atoms with E-state index in [-0.39, 0.29) is 67.1 Å². The van der Waals surface area contributed by atoms with Crippen molar-refractivity contribution < 1.29 is 101 Å². The molecule has 98 heavy (non-hydrogen) atoms. The van der Waals surface area contributed by atoms with E-state index in [4.69, 9.17) is 4.74 Å². The van der Waals surface area contributed by atoms with Gasteiger partial charge >= 0.3 is 54.1 Å². The summed E-state index contributed by atoms with van der Waals surface area (Å²) < 4.78 is 258. The van der Waals surface area contributed by atoms with Crippen molar-refractivity contribution in [1.82, 2.24) is 0 Å². The Morgan fingerprint density at radius 3 is 0.592 bits per heavy atom. The van der Waals surface area contributed by atoms with Crippen LogP contribution in [0.2, 0.25) is 0 Å². The van der Waals surface area contributed by atoms with Crippen molar-refractivity contribution in [2.75, 3.05) is 31.4 Å². The summed E-state index contributed by atoms with van der Waals surface area (Å²) in [5.41, 5.74) is -5.98. The summed E-state index contributed by atoms with van der Waals surface area (Å²) in [5.74, 6) is 0. The molecule has 0 N–H and O–H groups in total. The molecule has 1 aliphatic heterocycles. The first-order valence-electron chi connectivity index (χ1n) is 30.4. The first-order valence-corrected chi connectivity index (χ1v) is 37.0. The average molecular weight is 1500 g/mol. The van der Waals surface area contributed by atoms with Crippen molar-refractivity contribution in [3.63, 3.8) is 0 Å². The van der Waals surface area contributed by atoms with Crippen molar-refractivity contribution in [3.05, 3.63) is 300 Å². The number of alkyl halides is 18. The average Bonchev–Trinajstić information content (AvgIpc) is 0.759. The Kier molecular flexibility index (Phi) is 26.0. The third kappa shape index (κ3) is 20.7. The van der Waals surface area contributed by atoms with Crippen LogP contribution >= 0.6 is 31.7 Å². The molecule has 10 aromatic rings. The van der Waals surface area contributed by atoms with Gasteiger partial charge in [0.15, 0.2) is 0 Å². The zero-order valence-corrected chi connectivity index (χ0v) is 56.4. The second-order valence-corrected chi connectivity index (χ2v) is 33.2. The summed E-state index contributed by atoms with van der Waals surface area (Å²) in [7, 11) is -9.02. The van der Waals surface area contributed by atoms with Crippen LogP contribution in [-0.2, 0) is 58.9 Å². The summed E-state index contributed by atoms with van der Waals surface area (Å²) >= 11 is 0. The van der Waals surface area contributed by atoms with Crippen LogP contribution in [0.25, 0.3) is 0 Å². The van der Waals surface area contributed by atoms with Gasteiger partial charge in [-0.1, -0.05) is 84.9 Å². The molecule has 25 heteroatoms. The van der Waals surface area contributed by atoms with Crippen LogP contribution in [0.4, 0.5) is 79.0 Å². The predicted octanol–water partition coefficient (Wildman–Crippen LogP) is 17.6. The topological polar surface area (TPSA) is 9.23 Å². The molecular weight excluding hydrogens is 1430 g/mol. The minimum Gasteiger partial charge on any atom is -0.381 e. The summed E-state index contributed by atoms with van der Waals surface area (Å²) in [6.07, 6.45) is -29.1. The fourth-order valence-corrected chi connectivity index (χ4v) is 25.0. The largest absolute Gasteiger partial charge is 1.00 e. The first-order chi connectivity index (χ1) is 45.9. The summed E-state index contributed by atoms with van der Waals surface area (Å²) in [5, 5.41) is 5.70. The number of halogens is 18. The van der Waals surface area contributed by atoms with E-state index in [1.54, 1.807) is 30.3 Å². The van der Waals surface area contributed by atoms with Gasteiger partial charge < -0.3 is 4.74 Å². The summed E-state index contributed by atoms with van der Waals surface area (Å²) in [6, 6.07) is 63.5. The standard InChI is InChI=1S/C51H35BF18P3.C18H15P.C4H8O.Cu/c53-46(54,55)33-6-18-40(19-7-33)71(41-20-8-34(9-21-41)47(56,57)58)30-52(39-4-2-1-3-5-39,31-72(42-22-10-35(11-23-42)48(59,60)61)43-24-12-36(13-25-43)49(62,63)64)32-73(44-26-14-37(15-27-44)50(65,66)67)45-28-16-38(17-29-45)51(68,69)70;1-4-10-16(11-5-1)19(17-12-6-2-7-13-17)18-14-8-3-9-15-18;1-2-4-5-3-1;/h1-29H,30-32H2;1-15H;1-4H2;/q-1;;;+1/p+4. The van der Waals surface area contributed by atoms with Crippen LogP contribution in [0, 0.1) is 0 Å². The van der Waals surface area contributed by atoms with E-state index >= 15 is 0 Å². The van der Waals surface area contributed by atoms with Crippen LogP contribution < -0.4 is 53.2 Å². The molecule has 1 aliphatic rings. The van der Waals surface area contributed by atoms with Gasteiger partial charge in [0.25, 0.3) is 0 Å². The predicted molar refractivity (Wildman–Crippen MR) is 364 cm³/mol. The van der Waals surface area contributed by atoms with Crippen LogP contribution in [-0.4, -0.2) is 37.5 Å². The van der Waals surface area contributed by atoms with E-state index in [2.05, 4.69) is 91.0 Å². The van der Waals surface area contributed by atoms with Gasteiger partial charge in [-0.3, -0.25) is 0 Å². The third-order valence-electron chi connectivity index (χ3n) is 16.7. The normalized spacial score (nSPS) is 13.2. The maximum atomic E-state index is 14.0. The maximum Gasteiger partial charge on any atom is 1.00 e. The fraction of sp³-hybridized carbons (Fsp3) is 0.178. The van der Waals surface area contributed by atoms with Gasteiger partial charge in [0, 0.05) is 37.0 Å². The SMILES string of the molecule is C1CCOC1.FC(F)(F)c1ccc([PH+](C[B-](C[PH+](c2ccc(C(F)(F)F)cc2)c2ccc(C(F)(F)F)cc2)(C[PH+](c2ccc(C(F)(F)F)cc2)c2ccc(C(F)(F)F)cc2)c2ccccc2)c2ccc(C(F)(F)F)cc2)cc1.[Cu+].c1ccc([PH+](c2ccccc2)c2ccccc2)cc1. The van der Waals surface area contributed by atoms with Gasteiger partial charge in [-0.2, -0.15) is 84.5 Å². The van der Waals surface area contributed by atoms with Gasteiger partial charge in [0.1, 0.15) is 22.1 Å². The second kappa shape index (κ2) is 33.1. The number of hydrogen-bond acceptors (Lipinski definition) is 1. The first kappa shape index (κ1) is 77.0. The molecular formula is C73H62BCuF18OP4+4. The molecule has 11 rings (SSSR count). The van der Waals surface area contributed by atoms with E-state index < -0.39 is 108 Å². The molecule has 516 valence electrons. The Labute approximate surface area is 570 Å². The van der Waals surface area contributed by atoms with E-state index in [0.29, 0.717) is 5.46 Å². The molecule has 0 amide bonds. The minimum absolute atomic E-state index is 0. The number of hydrogen-bond donors (Lipinski definition) is 0. The van der Waals surface area contributed by atoms with E-state index in [0.717, 1.165) is 159 Å². The van der Waals surface area contributed by atoms with Gasteiger partial charge in [0.05, 0.1) is 73.1 Å². The van der Waals surface area contributed by atoms with Crippen LogP contribution in [0.15, 0.2) is 267 Å². The molecule has 10 aromatic carbocycles. The van der Waals surface area contributed by atoms with Crippen molar-refractivity contribution in [2.24, 2.45) is 0 Å². The van der Waals surface area contributed by atoms with E-state index in [1.165, 1.54) is 28.8 Å². The Bertz CT molecular complexity index is 3490. The number of benzene rings is 10. The van der Waals surface area contributed by atoms with Crippen molar-refractivity contribution >= 4 is 91.0 Å². The molecule has 1 fully saturated rings. The Morgan fingerprint density at radius 2 is 0.429 bits per heavy atom. The van der Waals surface area contributed by atoms with Crippen LogP contribution in [0.1, 0.15) is 46.2 Å². The van der Waals surface area contributed by atoms with Crippen molar-refractivity contribution in [3.8, 4) is 0 Å². The third-order valence-corrected chi connectivity index (χ3v) is 29.2. The molecule has 0 spiro atoms. The quantitative estimate of drug-likeness (QED) is 0.0532. The van der Waals surface area contributed by atoms with Gasteiger partial charge in [-0.25, -0.2) is 0 Å². The molecule has 0 unspecified atom stereocenters. The number of ether oxygens (including phenoxy) is 1.